The van der Waals surface area contributed by atoms with Gasteiger partial charge in [-0.2, -0.15) is 4.31 Å². The van der Waals surface area contributed by atoms with Crippen molar-refractivity contribution in [1.29, 1.82) is 0 Å². The third kappa shape index (κ3) is 3.02. The van der Waals surface area contributed by atoms with Crippen LogP contribution < -0.4 is 0 Å². The van der Waals surface area contributed by atoms with Crippen LogP contribution in [0.5, 0.6) is 0 Å². The molecule has 1 aliphatic rings. The summed E-state index contributed by atoms with van der Waals surface area (Å²) in [5.41, 5.74) is 0.0873. The number of benzene rings is 1. The maximum Gasteiger partial charge on any atom is 0.335 e. The molecule has 0 bridgehead atoms. The van der Waals surface area contributed by atoms with Crippen molar-refractivity contribution in [1.82, 2.24) is 4.31 Å². The van der Waals surface area contributed by atoms with Gasteiger partial charge in [0.05, 0.1) is 10.5 Å². The molecule has 1 fully saturated rings. The Kier molecular flexibility index (Phi) is 4.15. The number of piperidine rings is 1. The van der Waals surface area contributed by atoms with Crippen LogP contribution in [-0.4, -0.2) is 36.9 Å². The van der Waals surface area contributed by atoms with E-state index < -0.39 is 16.0 Å². The van der Waals surface area contributed by atoms with Crippen LogP contribution in [0, 0.1) is 11.8 Å². The Labute approximate surface area is 119 Å². The molecule has 0 radical (unpaired) electrons. The van der Waals surface area contributed by atoms with Crippen LogP contribution in [0.2, 0.25) is 0 Å². The van der Waals surface area contributed by atoms with Crippen LogP contribution in [0.3, 0.4) is 0 Å². The van der Waals surface area contributed by atoms with E-state index in [-0.39, 0.29) is 10.5 Å². The fourth-order valence-corrected chi connectivity index (χ4v) is 4.40. The van der Waals surface area contributed by atoms with Crippen molar-refractivity contribution < 1.29 is 18.3 Å². The zero-order valence-corrected chi connectivity index (χ0v) is 12.4. The Balaban J connectivity index is 2.27. The van der Waals surface area contributed by atoms with Gasteiger partial charge in [0, 0.05) is 13.1 Å². The monoisotopic (exact) mass is 297 g/mol. The molecule has 2 atom stereocenters. The highest BCUT2D eigenvalue weighted by atomic mass is 32.2. The molecule has 110 valence electrons. The van der Waals surface area contributed by atoms with Gasteiger partial charge in [-0.15, -0.1) is 0 Å². The first-order chi connectivity index (χ1) is 9.30. The smallest absolute Gasteiger partial charge is 0.335 e. The lowest BCUT2D eigenvalue weighted by Gasteiger charge is -2.34. The number of carboxylic acids is 1. The highest BCUT2D eigenvalue weighted by Gasteiger charge is 2.31. The van der Waals surface area contributed by atoms with E-state index in [9.17, 15) is 13.2 Å². The molecule has 1 saturated heterocycles. The van der Waals surface area contributed by atoms with E-state index in [2.05, 4.69) is 0 Å². The van der Waals surface area contributed by atoms with E-state index in [0.717, 1.165) is 6.42 Å². The van der Waals surface area contributed by atoms with E-state index in [1.807, 2.05) is 13.8 Å². The average Bonchev–Trinajstić information content (AvgIpc) is 2.37. The normalized spacial score (nSPS) is 24.5. The van der Waals surface area contributed by atoms with Crippen molar-refractivity contribution >= 4 is 16.0 Å². The zero-order chi connectivity index (χ0) is 14.9. The molecule has 0 spiro atoms. The van der Waals surface area contributed by atoms with Gasteiger partial charge in [-0.05, 0) is 42.5 Å². The lowest BCUT2D eigenvalue weighted by atomic mass is 9.94. The van der Waals surface area contributed by atoms with Gasteiger partial charge in [-0.3, -0.25) is 0 Å². The second-order valence-corrected chi connectivity index (χ2v) is 7.54. The standard InChI is InChI=1S/C14H19NO4S/c1-10-7-11(2)9-15(8-10)20(18,19)13-5-3-12(4-6-13)14(16)17/h3-6,10-11H,7-9H2,1-2H3,(H,16,17)/t10-,11-/m0/s1. The fraction of sp³-hybridized carbons (Fsp3) is 0.500. The first-order valence-corrected chi connectivity index (χ1v) is 8.08. The van der Waals surface area contributed by atoms with Crippen LogP contribution in [0.1, 0.15) is 30.6 Å². The summed E-state index contributed by atoms with van der Waals surface area (Å²) in [6.45, 7) is 5.14. The third-order valence-corrected chi connectivity index (χ3v) is 5.42. The number of carbonyl (C=O) groups is 1. The molecular weight excluding hydrogens is 278 g/mol. The van der Waals surface area contributed by atoms with Crippen molar-refractivity contribution in [3.8, 4) is 0 Å². The summed E-state index contributed by atoms with van der Waals surface area (Å²) in [6.07, 6.45) is 1.03. The predicted molar refractivity (Wildman–Crippen MR) is 75.1 cm³/mol. The first-order valence-electron chi connectivity index (χ1n) is 6.64. The summed E-state index contributed by atoms with van der Waals surface area (Å²) in [5, 5.41) is 8.84. The molecule has 1 aromatic carbocycles. The van der Waals surface area contributed by atoms with Gasteiger partial charge >= 0.3 is 5.97 Å². The summed E-state index contributed by atoms with van der Waals surface area (Å²) >= 11 is 0. The Morgan fingerprint density at radius 1 is 1.15 bits per heavy atom. The molecule has 0 saturated carbocycles. The second kappa shape index (κ2) is 5.54. The third-order valence-electron chi connectivity index (χ3n) is 3.57. The van der Waals surface area contributed by atoms with Crippen molar-refractivity contribution in [2.24, 2.45) is 11.8 Å². The van der Waals surface area contributed by atoms with Gasteiger partial charge in [0.25, 0.3) is 0 Å². The molecule has 1 heterocycles. The maximum atomic E-state index is 12.5. The van der Waals surface area contributed by atoms with Crippen molar-refractivity contribution in [2.45, 2.75) is 25.2 Å². The summed E-state index contributed by atoms with van der Waals surface area (Å²) in [4.78, 5) is 10.9. The number of carboxylic acid groups (broad SMARTS) is 1. The molecule has 1 aliphatic heterocycles. The Bertz CT molecular complexity index is 584. The summed E-state index contributed by atoms with van der Waals surface area (Å²) in [5.74, 6) is -0.382. The highest BCUT2D eigenvalue weighted by molar-refractivity contribution is 7.89. The molecule has 0 aromatic heterocycles. The van der Waals surface area contributed by atoms with Crippen molar-refractivity contribution in [3.63, 3.8) is 0 Å². The zero-order valence-electron chi connectivity index (χ0n) is 11.6. The van der Waals surface area contributed by atoms with Crippen molar-refractivity contribution in [3.05, 3.63) is 29.8 Å². The minimum Gasteiger partial charge on any atom is -0.478 e. The van der Waals surface area contributed by atoms with Crippen LogP contribution >= 0.6 is 0 Å². The second-order valence-electron chi connectivity index (χ2n) is 5.60. The van der Waals surface area contributed by atoms with E-state index in [4.69, 9.17) is 5.11 Å². The first kappa shape index (κ1) is 15.0. The van der Waals surface area contributed by atoms with Crippen LogP contribution in [0.25, 0.3) is 0 Å². The van der Waals surface area contributed by atoms with Gasteiger partial charge in [0.2, 0.25) is 10.0 Å². The largest absolute Gasteiger partial charge is 0.478 e. The number of nitrogens with zero attached hydrogens (tertiary/aromatic N) is 1. The quantitative estimate of drug-likeness (QED) is 0.926. The van der Waals surface area contributed by atoms with Crippen LogP contribution in [0.4, 0.5) is 0 Å². The van der Waals surface area contributed by atoms with Gasteiger partial charge in [-0.25, -0.2) is 13.2 Å². The van der Waals surface area contributed by atoms with E-state index in [0.29, 0.717) is 24.9 Å². The van der Waals surface area contributed by atoms with Gasteiger partial charge < -0.3 is 5.11 Å². The number of sulfonamides is 1. The molecule has 2 rings (SSSR count). The molecule has 20 heavy (non-hydrogen) atoms. The van der Waals surface area contributed by atoms with E-state index in [1.54, 1.807) is 0 Å². The van der Waals surface area contributed by atoms with Crippen molar-refractivity contribution in [2.75, 3.05) is 13.1 Å². The fourth-order valence-electron chi connectivity index (χ4n) is 2.72. The van der Waals surface area contributed by atoms with Gasteiger partial charge in [0.1, 0.15) is 0 Å². The van der Waals surface area contributed by atoms with E-state index in [1.165, 1.54) is 28.6 Å². The number of rotatable bonds is 3. The topological polar surface area (TPSA) is 74.7 Å². The van der Waals surface area contributed by atoms with Crippen LogP contribution in [-0.2, 0) is 10.0 Å². The summed E-state index contributed by atoms with van der Waals surface area (Å²) in [6, 6.07) is 5.38. The number of aromatic carboxylic acids is 1. The Hall–Kier alpha value is -1.40. The molecule has 1 aromatic rings. The average molecular weight is 297 g/mol. The Morgan fingerprint density at radius 2 is 1.65 bits per heavy atom. The Morgan fingerprint density at radius 3 is 2.10 bits per heavy atom. The van der Waals surface area contributed by atoms with Gasteiger partial charge in [-0.1, -0.05) is 13.8 Å². The number of hydrogen-bond donors (Lipinski definition) is 1. The minimum atomic E-state index is -3.53. The lowest BCUT2D eigenvalue weighted by Crippen LogP contribution is -2.42. The molecular formula is C14H19NO4S. The van der Waals surface area contributed by atoms with E-state index >= 15 is 0 Å². The molecule has 5 nitrogen and oxygen atoms in total. The molecule has 6 heteroatoms. The highest BCUT2D eigenvalue weighted by Crippen LogP contribution is 2.26. The molecule has 0 unspecified atom stereocenters. The van der Waals surface area contributed by atoms with Gasteiger partial charge in [0.15, 0.2) is 0 Å². The lowest BCUT2D eigenvalue weighted by molar-refractivity contribution is 0.0696. The SMILES string of the molecule is C[C@H]1C[C@H](C)CN(S(=O)(=O)c2ccc(C(=O)O)cc2)C1. The maximum absolute atomic E-state index is 12.5. The minimum absolute atomic E-state index is 0.0873. The van der Waals surface area contributed by atoms with Crippen LogP contribution in [0.15, 0.2) is 29.2 Å². The molecule has 1 N–H and O–H groups in total. The summed E-state index contributed by atoms with van der Waals surface area (Å²) in [7, 11) is -3.53. The predicted octanol–water partition coefficient (Wildman–Crippen LogP) is 2.05. The number of hydrogen-bond acceptors (Lipinski definition) is 3. The molecule has 0 aliphatic carbocycles. The summed E-state index contributed by atoms with van der Waals surface area (Å²) < 4.78 is 26.6. The molecule has 0 amide bonds.